The highest BCUT2D eigenvalue weighted by molar-refractivity contribution is 9.10. The molecule has 1 aliphatic carbocycles. The minimum atomic E-state index is -3.18. The summed E-state index contributed by atoms with van der Waals surface area (Å²) in [6.45, 7) is 0.602. The molecule has 1 heterocycles. The summed E-state index contributed by atoms with van der Waals surface area (Å²) in [6, 6.07) is 5.94. The second kappa shape index (κ2) is 5.09. The van der Waals surface area contributed by atoms with Gasteiger partial charge in [-0.15, -0.1) is 0 Å². The summed E-state index contributed by atoms with van der Waals surface area (Å²) in [4.78, 5) is 0. The summed E-state index contributed by atoms with van der Waals surface area (Å²) in [5.74, 6) is 0. The van der Waals surface area contributed by atoms with Crippen LogP contribution in [0.15, 0.2) is 22.7 Å². The molecule has 5 heteroatoms. The fourth-order valence-corrected chi connectivity index (χ4v) is 5.56. The Bertz CT molecular complexity index is 579. The Labute approximate surface area is 123 Å². The molecule has 0 bridgehead atoms. The van der Waals surface area contributed by atoms with Gasteiger partial charge in [-0.2, -0.15) is 0 Å². The lowest BCUT2D eigenvalue weighted by atomic mass is 10.0. The normalized spacial score (nSPS) is 20.6. The van der Waals surface area contributed by atoms with Crippen molar-refractivity contribution >= 4 is 31.6 Å². The predicted molar refractivity (Wildman–Crippen MR) is 81.0 cm³/mol. The van der Waals surface area contributed by atoms with Gasteiger partial charge in [-0.25, -0.2) is 8.42 Å². The molecule has 0 saturated heterocycles. The molecule has 3 nitrogen and oxygen atoms in total. The van der Waals surface area contributed by atoms with Gasteiger partial charge in [-0.1, -0.05) is 41.3 Å². The van der Waals surface area contributed by atoms with Crippen LogP contribution in [0.5, 0.6) is 0 Å². The Morgan fingerprint density at radius 3 is 2.63 bits per heavy atom. The van der Waals surface area contributed by atoms with Crippen LogP contribution in [0, 0.1) is 0 Å². The summed E-state index contributed by atoms with van der Waals surface area (Å²) >= 11 is 3.43. The van der Waals surface area contributed by atoms with E-state index in [1.165, 1.54) is 6.42 Å². The molecule has 1 aliphatic heterocycles. The average Bonchev–Trinajstić information content (AvgIpc) is 2.83. The van der Waals surface area contributed by atoms with Crippen LogP contribution in [-0.4, -0.2) is 20.2 Å². The number of hydrogen-bond donors (Lipinski definition) is 0. The quantitative estimate of drug-likeness (QED) is 0.824. The molecule has 104 valence electrons. The zero-order chi connectivity index (χ0) is 13.5. The summed E-state index contributed by atoms with van der Waals surface area (Å²) in [6.07, 6.45) is 5.74. The number of nitrogens with zero attached hydrogens (tertiary/aromatic N) is 1. The Hall–Kier alpha value is -0.550. The highest BCUT2D eigenvalue weighted by Gasteiger charge is 2.36. The first-order valence-electron chi connectivity index (χ1n) is 6.89. The molecular weight excluding hydrogens is 326 g/mol. The van der Waals surface area contributed by atoms with E-state index < -0.39 is 10.0 Å². The number of fused-ring (bicyclic) bond motifs is 1. The third kappa shape index (κ3) is 2.42. The number of halogens is 1. The third-order valence-electron chi connectivity index (χ3n) is 4.18. The number of sulfonamides is 1. The zero-order valence-electron chi connectivity index (χ0n) is 10.8. The van der Waals surface area contributed by atoms with Crippen molar-refractivity contribution in [2.45, 2.75) is 43.8 Å². The molecule has 1 aromatic carbocycles. The molecule has 1 saturated carbocycles. The smallest absolute Gasteiger partial charge is 0.238 e. The van der Waals surface area contributed by atoms with Gasteiger partial charge in [0.2, 0.25) is 10.0 Å². The number of rotatable bonds is 2. The van der Waals surface area contributed by atoms with Gasteiger partial charge in [0.1, 0.15) is 0 Å². The van der Waals surface area contributed by atoms with Crippen LogP contribution in [-0.2, 0) is 16.4 Å². The Balaban J connectivity index is 1.93. The fraction of sp³-hybridized carbons (Fsp3) is 0.571. The van der Waals surface area contributed by atoms with E-state index >= 15 is 0 Å². The van der Waals surface area contributed by atoms with E-state index in [4.69, 9.17) is 0 Å². The van der Waals surface area contributed by atoms with Crippen molar-refractivity contribution in [1.82, 2.24) is 0 Å². The maximum atomic E-state index is 12.8. The molecular formula is C14H18BrNO2S. The molecule has 0 atom stereocenters. The first kappa shape index (κ1) is 13.4. The van der Waals surface area contributed by atoms with Crippen LogP contribution < -0.4 is 4.31 Å². The van der Waals surface area contributed by atoms with Crippen molar-refractivity contribution in [3.63, 3.8) is 0 Å². The first-order valence-corrected chi connectivity index (χ1v) is 9.18. The maximum absolute atomic E-state index is 12.8. The lowest BCUT2D eigenvalue weighted by molar-refractivity contribution is 0.482. The predicted octanol–water partition coefficient (Wildman–Crippen LogP) is 3.47. The molecule has 3 rings (SSSR count). The topological polar surface area (TPSA) is 37.4 Å². The molecule has 0 unspecified atom stereocenters. The second-order valence-corrected chi connectivity index (χ2v) is 8.45. The van der Waals surface area contributed by atoms with E-state index in [-0.39, 0.29) is 5.25 Å². The Morgan fingerprint density at radius 1 is 1.16 bits per heavy atom. The van der Waals surface area contributed by atoms with Crippen LogP contribution in [0.2, 0.25) is 0 Å². The minimum absolute atomic E-state index is 0.175. The highest BCUT2D eigenvalue weighted by atomic mass is 79.9. The largest absolute Gasteiger partial charge is 0.269 e. The average molecular weight is 344 g/mol. The molecule has 1 aromatic rings. The van der Waals surface area contributed by atoms with Crippen molar-refractivity contribution < 1.29 is 8.42 Å². The molecule has 0 aromatic heterocycles. The zero-order valence-corrected chi connectivity index (χ0v) is 13.2. The van der Waals surface area contributed by atoms with Gasteiger partial charge in [0, 0.05) is 11.0 Å². The van der Waals surface area contributed by atoms with Crippen molar-refractivity contribution in [3.8, 4) is 0 Å². The summed E-state index contributed by atoms with van der Waals surface area (Å²) in [5.41, 5.74) is 2.02. The lowest BCUT2D eigenvalue weighted by Crippen LogP contribution is -2.38. The van der Waals surface area contributed by atoms with Crippen molar-refractivity contribution in [1.29, 1.82) is 0 Å². The second-order valence-electron chi connectivity index (χ2n) is 5.40. The molecule has 0 radical (unpaired) electrons. The molecule has 0 N–H and O–H groups in total. The van der Waals surface area contributed by atoms with Crippen molar-refractivity contribution in [3.05, 3.63) is 28.2 Å². The van der Waals surface area contributed by atoms with Gasteiger partial charge in [0.05, 0.1) is 10.9 Å². The van der Waals surface area contributed by atoms with Crippen LogP contribution in [0.25, 0.3) is 0 Å². The Kier molecular flexibility index (Phi) is 3.60. The number of benzene rings is 1. The summed E-state index contributed by atoms with van der Waals surface area (Å²) in [7, 11) is -3.18. The fourth-order valence-electron chi connectivity index (χ4n) is 3.13. The first-order chi connectivity index (χ1) is 9.09. The molecule has 19 heavy (non-hydrogen) atoms. The van der Waals surface area contributed by atoms with Gasteiger partial charge in [0.25, 0.3) is 0 Å². The van der Waals surface area contributed by atoms with Crippen LogP contribution in [0.3, 0.4) is 0 Å². The molecule has 1 fully saturated rings. The van der Waals surface area contributed by atoms with Gasteiger partial charge in [-0.05, 0) is 37.0 Å². The van der Waals surface area contributed by atoms with E-state index in [9.17, 15) is 8.42 Å². The molecule has 0 spiro atoms. The SMILES string of the molecule is O=S(=O)(C1CCCCC1)N1CCc2ccc(Br)cc21. The van der Waals surface area contributed by atoms with Gasteiger partial charge < -0.3 is 0 Å². The van der Waals surface area contributed by atoms with E-state index in [1.807, 2.05) is 18.2 Å². The van der Waals surface area contributed by atoms with Crippen molar-refractivity contribution in [2.24, 2.45) is 0 Å². The van der Waals surface area contributed by atoms with Gasteiger partial charge in [0.15, 0.2) is 0 Å². The standard InChI is InChI=1S/C14H18BrNO2S/c15-12-7-6-11-8-9-16(14(11)10-12)19(17,18)13-4-2-1-3-5-13/h6-7,10,13H,1-5,8-9H2. The van der Waals surface area contributed by atoms with Gasteiger partial charge in [-0.3, -0.25) is 4.31 Å². The summed E-state index contributed by atoms with van der Waals surface area (Å²) < 4.78 is 28.1. The van der Waals surface area contributed by atoms with E-state index in [2.05, 4.69) is 15.9 Å². The van der Waals surface area contributed by atoms with E-state index in [0.717, 1.165) is 47.8 Å². The molecule has 2 aliphatic rings. The van der Waals surface area contributed by atoms with Gasteiger partial charge >= 0.3 is 0 Å². The number of anilines is 1. The van der Waals surface area contributed by atoms with E-state index in [0.29, 0.717) is 6.54 Å². The lowest BCUT2D eigenvalue weighted by Gasteiger charge is -2.28. The summed E-state index contributed by atoms with van der Waals surface area (Å²) in [5, 5.41) is -0.175. The highest BCUT2D eigenvalue weighted by Crippen LogP contribution is 2.36. The van der Waals surface area contributed by atoms with Crippen LogP contribution >= 0.6 is 15.9 Å². The van der Waals surface area contributed by atoms with E-state index in [1.54, 1.807) is 4.31 Å². The third-order valence-corrected chi connectivity index (χ3v) is 6.98. The van der Waals surface area contributed by atoms with Crippen LogP contribution in [0.4, 0.5) is 5.69 Å². The number of hydrogen-bond acceptors (Lipinski definition) is 2. The minimum Gasteiger partial charge on any atom is -0.269 e. The maximum Gasteiger partial charge on any atom is 0.238 e. The van der Waals surface area contributed by atoms with Crippen LogP contribution in [0.1, 0.15) is 37.7 Å². The molecule has 0 amide bonds. The van der Waals surface area contributed by atoms with Crippen molar-refractivity contribution in [2.75, 3.05) is 10.8 Å². The monoisotopic (exact) mass is 343 g/mol. The Morgan fingerprint density at radius 2 is 1.89 bits per heavy atom.